The molecule has 0 bridgehead atoms. The molecule has 4 nitrogen and oxygen atoms in total. The summed E-state index contributed by atoms with van der Waals surface area (Å²) < 4.78 is 0. The molecule has 0 radical (unpaired) electrons. The highest BCUT2D eigenvalue weighted by atomic mass is 32.1. The number of nitrogens with two attached hydrogens (primary N) is 1. The van der Waals surface area contributed by atoms with Crippen LogP contribution in [0.4, 0.5) is 16.2 Å². The lowest BCUT2D eigenvalue weighted by atomic mass is 10.1. The zero-order chi connectivity index (χ0) is 13.0. The molecule has 1 heterocycles. The van der Waals surface area contributed by atoms with Gasteiger partial charge in [-0.15, -0.1) is 0 Å². The summed E-state index contributed by atoms with van der Waals surface area (Å²) in [6.45, 7) is 1.92. The first-order chi connectivity index (χ1) is 8.65. The summed E-state index contributed by atoms with van der Waals surface area (Å²) in [6, 6.07) is 9.09. The van der Waals surface area contributed by atoms with E-state index in [1.165, 1.54) is 11.3 Å². The SMILES string of the molecule is CC(N)c1ccc(NC(=O)Nc2ccsc2)cc1. The maximum atomic E-state index is 11.7. The van der Waals surface area contributed by atoms with E-state index in [1.807, 2.05) is 48.0 Å². The molecule has 4 N–H and O–H groups in total. The molecule has 0 fully saturated rings. The first kappa shape index (κ1) is 12.6. The maximum absolute atomic E-state index is 11.7. The lowest BCUT2D eigenvalue weighted by Crippen LogP contribution is -2.19. The van der Waals surface area contributed by atoms with Gasteiger partial charge in [-0.1, -0.05) is 12.1 Å². The molecule has 1 unspecified atom stereocenters. The van der Waals surface area contributed by atoms with Crippen molar-refractivity contribution in [1.29, 1.82) is 0 Å². The van der Waals surface area contributed by atoms with Crippen molar-refractivity contribution in [3.05, 3.63) is 46.7 Å². The van der Waals surface area contributed by atoms with E-state index >= 15 is 0 Å². The van der Waals surface area contributed by atoms with Gasteiger partial charge in [0.15, 0.2) is 0 Å². The third kappa shape index (κ3) is 3.32. The average Bonchev–Trinajstić information content (AvgIpc) is 2.82. The molecule has 2 rings (SSSR count). The van der Waals surface area contributed by atoms with Crippen LogP contribution in [0.2, 0.25) is 0 Å². The second-order valence-corrected chi connectivity index (χ2v) is 4.78. The third-order valence-electron chi connectivity index (χ3n) is 2.47. The minimum absolute atomic E-state index is 0.00122. The van der Waals surface area contributed by atoms with Crippen LogP contribution >= 0.6 is 11.3 Å². The highest BCUT2D eigenvalue weighted by Gasteiger charge is 2.03. The molecule has 94 valence electrons. The predicted molar refractivity (Wildman–Crippen MR) is 76.0 cm³/mol. The van der Waals surface area contributed by atoms with Crippen LogP contribution in [0.15, 0.2) is 41.1 Å². The molecule has 0 aliphatic rings. The van der Waals surface area contributed by atoms with Gasteiger partial charge in [0.1, 0.15) is 0 Å². The second kappa shape index (κ2) is 5.66. The highest BCUT2D eigenvalue weighted by molar-refractivity contribution is 7.08. The molecular formula is C13H15N3OS. The number of nitrogens with one attached hydrogen (secondary N) is 2. The van der Waals surface area contributed by atoms with Gasteiger partial charge in [0, 0.05) is 17.1 Å². The van der Waals surface area contributed by atoms with E-state index in [2.05, 4.69) is 10.6 Å². The Morgan fingerprint density at radius 3 is 2.39 bits per heavy atom. The minimum Gasteiger partial charge on any atom is -0.324 e. The third-order valence-corrected chi connectivity index (χ3v) is 3.16. The summed E-state index contributed by atoms with van der Waals surface area (Å²) in [6.07, 6.45) is 0. The minimum atomic E-state index is -0.248. The Balaban J connectivity index is 1.95. The van der Waals surface area contributed by atoms with Crippen LogP contribution in [0.3, 0.4) is 0 Å². The van der Waals surface area contributed by atoms with Crippen molar-refractivity contribution < 1.29 is 4.79 Å². The Hall–Kier alpha value is -1.85. The van der Waals surface area contributed by atoms with Crippen LogP contribution in [0.1, 0.15) is 18.5 Å². The molecule has 18 heavy (non-hydrogen) atoms. The second-order valence-electron chi connectivity index (χ2n) is 4.00. The maximum Gasteiger partial charge on any atom is 0.323 e. The predicted octanol–water partition coefficient (Wildman–Crippen LogP) is 3.41. The first-order valence-electron chi connectivity index (χ1n) is 5.61. The first-order valence-corrected chi connectivity index (χ1v) is 6.55. The van der Waals surface area contributed by atoms with Crippen molar-refractivity contribution in [1.82, 2.24) is 0 Å². The van der Waals surface area contributed by atoms with Crippen LogP contribution < -0.4 is 16.4 Å². The Bertz CT molecular complexity index is 506. The molecule has 2 amide bonds. The summed E-state index contributed by atoms with van der Waals surface area (Å²) >= 11 is 1.54. The number of urea groups is 1. The van der Waals surface area contributed by atoms with E-state index in [0.29, 0.717) is 0 Å². The molecule has 0 aliphatic heterocycles. The number of amides is 2. The van der Waals surface area contributed by atoms with Crippen LogP contribution in [0.25, 0.3) is 0 Å². The summed E-state index contributed by atoms with van der Waals surface area (Å²) in [5.41, 5.74) is 8.34. The Morgan fingerprint density at radius 2 is 1.83 bits per heavy atom. The average molecular weight is 261 g/mol. The lowest BCUT2D eigenvalue weighted by Gasteiger charge is -2.08. The van der Waals surface area contributed by atoms with E-state index in [-0.39, 0.29) is 12.1 Å². The summed E-state index contributed by atoms with van der Waals surface area (Å²) in [7, 11) is 0. The molecule has 1 atom stereocenters. The molecule has 1 aromatic heterocycles. The molecular weight excluding hydrogens is 246 g/mol. The number of hydrogen-bond donors (Lipinski definition) is 3. The van der Waals surface area contributed by atoms with Crippen molar-refractivity contribution in [3.8, 4) is 0 Å². The quantitative estimate of drug-likeness (QED) is 0.792. The number of carbonyl (C=O) groups excluding carboxylic acids is 1. The zero-order valence-electron chi connectivity index (χ0n) is 10.0. The van der Waals surface area contributed by atoms with E-state index in [0.717, 1.165) is 16.9 Å². The van der Waals surface area contributed by atoms with Gasteiger partial charge in [-0.25, -0.2) is 4.79 Å². The number of carbonyl (C=O) groups is 1. The van der Waals surface area contributed by atoms with E-state index in [4.69, 9.17) is 5.73 Å². The summed E-state index contributed by atoms with van der Waals surface area (Å²) in [5, 5.41) is 9.29. The van der Waals surface area contributed by atoms with Crippen molar-refractivity contribution in [3.63, 3.8) is 0 Å². The smallest absolute Gasteiger partial charge is 0.323 e. The van der Waals surface area contributed by atoms with Crippen molar-refractivity contribution in [2.24, 2.45) is 5.73 Å². The molecule has 0 aliphatic carbocycles. The Labute approximate surface area is 110 Å². The van der Waals surface area contributed by atoms with Crippen LogP contribution in [-0.4, -0.2) is 6.03 Å². The topological polar surface area (TPSA) is 67.1 Å². The van der Waals surface area contributed by atoms with E-state index in [9.17, 15) is 4.79 Å². The number of rotatable bonds is 3. The van der Waals surface area contributed by atoms with Gasteiger partial charge >= 0.3 is 6.03 Å². The van der Waals surface area contributed by atoms with Gasteiger partial charge < -0.3 is 16.4 Å². The molecule has 2 aromatic rings. The Morgan fingerprint density at radius 1 is 1.17 bits per heavy atom. The van der Waals surface area contributed by atoms with Gasteiger partial charge in [-0.05, 0) is 36.1 Å². The largest absolute Gasteiger partial charge is 0.324 e. The molecule has 5 heteroatoms. The monoisotopic (exact) mass is 261 g/mol. The van der Waals surface area contributed by atoms with E-state index < -0.39 is 0 Å². The number of anilines is 2. The molecule has 0 saturated carbocycles. The lowest BCUT2D eigenvalue weighted by molar-refractivity contribution is 0.262. The molecule has 0 spiro atoms. The fourth-order valence-electron chi connectivity index (χ4n) is 1.50. The van der Waals surface area contributed by atoms with Crippen LogP contribution in [0.5, 0.6) is 0 Å². The van der Waals surface area contributed by atoms with E-state index in [1.54, 1.807) is 0 Å². The Kier molecular flexibility index (Phi) is 3.96. The van der Waals surface area contributed by atoms with Gasteiger partial charge in [-0.2, -0.15) is 11.3 Å². The molecule has 1 aromatic carbocycles. The fourth-order valence-corrected chi connectivity index (χ4v) is 2.09. The van der Waals surface area contributed by atoms with Crippen LogP contribution in [0, 0.1) is 0 Å². The van der Waals surface area contributed by atoms with Crippen molar-refractivity contribution in [2.45, 2.75) is 13.0 Å². The summed E-state index contributed by atoms with van der Waals surface area (Å²) in [5.74, 6) is 0. The molecule has 0 saturated heterocycles. The summed E-state index contributed by atoms with van der Waals surface area (Å²) in [4.78, 5) is 11.7. The number of benzene rings is 1. The van der Waals surface area contributed by atoms with Crippen LogP contribution in [-0.2, 0) is 0 Å². The van der Waals surface area contributed by atoms with Crippen molar-refractivity contribution in [2.75, 3.05) is 10.6 Å². The van der Waals surface area contributed by atoms with Gasteiger partial charge in [-0.3, -0.25) is 0 Å². The standard InChI is InChI=1S/C13H15N3OS/c1-9(14)10-2-4-11(5-3-10)15-13(17)16-12-6-7-18-8-12/h2-9H,14H2,1H3,(H2,15,16,17). The van der Waals surface area contributed by atoms with Gasteiger partial charge in [0.2, 0.25) is 0 Å². The van der Waals surface area contributed by atoms with Gasteiger partial charge in [0.05, 0.1) is 5.69 Å². The highest BCUT2D eigenvalue weighted by Crippen LogP contribution is 2.15. The number of hydrogen-bond acceptors (Lipinski definition) is 3. The van der Waals surface area contributed by atoms with Gasteiger partial charge in [0.25, 0.3) is 0 Å². The zero-order valence-corrected chi connectivity index (χ0v) is 10.8. The fraction of sp³-hybridized carbons (Fsp3) is 0.154. The normalized spacial score (nSPS) is 11.9. The van der Waals surface area contributed by atoms with Crippen molar-refractivity contribution >= 4 is 28.7 Å². The number of thiophene rings is 1.